The van der Waals surface area contributed by atoms with Crippen molar-refractivity contribution in [3.05, 3.63) is 63.3 Å². The number of unbranched alkanes of at least 4 members (excludes halogenated alkanes) is 6. The van der Waals surface area contributed by atoms with E-state index in [-0.39, 0.29) is 79.5 Å². The zero-order valence-electron chi connectivity index (χ0n) is 47.9. The van der Waals surface area contributed by atoms with E-state index in [1.807, 2.05) is 14.2 Å². The van der Waals surface area contributed by atoms with Gasteiger partial charge in [0.05, 0.1) is 28.4 Å². The molecule has 380 valence electrons. The van der Waals surface area contributed by atoms with Crippen LogP contribution in [-0.4, -0.2) is 50.7 Å². The molecular formula is C59H100KNO5Si2. The van der Waals surface area contributed by atoms with Crippen LogP contribution in [0.4, 0.5) is 0 Å². The molecule has 0 heterocycles. The third kappa shape index (κ3) is 14.6. The standard InChI is InChI=1S/C27H42O2.C26H40O3.C6H18NSi2.K/c1-9-10-11-12-13-26(3,4)19-15-23(28-7)25(24(16-19)29-8)20-14-18(2)21-17-22(20)27(21,5)6;1-8-9-10-11-12-25(2,3)17-13-22(28-6)24(23(14-17)29-7)18-15-21(27)20-16-19(18)26(20,4)5;1-8(2,3)7-9(4,5)6;/h15-16,20-22H,2,9-14,17H2,1,3-8H3;13-14,18-20H,8-12,15-16H2,1-7H3;1-6H3;/q;;-1;+1/t20?,21-,22+;18?,19-,20+;;/m10../s1. The molecule has 0 spiro atoms. The second-order valence-corrected chi connectivity index (χ2v) is 35.2. The third-order valence-electron chi connectivity index (χ3n) is 16.8. The zero-order chi connectivity index (χ0) is 50.5. The van der Waals surface area contributed by atoms with E-state index in [0.29, 0.717) is 41.3 Å². The topological polar surface area (TPSA) is 68.1 Å². The van der Waals surface area contributed by atoms with Gasteiger partial charge in [0.2, 0.25) is 0 Å². The van der Waals surface area contributed by atoms with Crippen LogP contribution in [-0.2, 0) is 15.6 Å². The number of allylic oxidation sites excluding steroid dienone is 1. The summed E-state index contributed by atoms with van der Waals surface area (Å²) in [7, 11) is 4.90. The first-order chi connectivity index (χ1) is 31.0. The van der Waals surface area contributed by atoms with Crippen molar-refractivity contribution >= 4 is 22.3 Å². The Labute approximate surface area is 463 Å². The van der Waals surface area contributed by atoms with Crippen LogP contribution in [0, 0.1) is 34.5 Å². The number of carbonyl (C=O) groups excluding carboxylic acids is 1. The molecule has 2 aromatic rings. The summed E-state index contributed by atoms with van der Waals surface area (Å²) < 4.78 is 28.6. The quantitative estimate of drug-likeness (QED) is 0.0751. The first-order valence-electron chi connectivity index (χ1n) is 26.5. The number of methoxy groups -OCH3 is 4. The fourth-order valence-electron chi connectivity index (χ4n) is 12.9. The van der Waals surface area contributed by atoms with Crippen molar-refractivity contribution in [2.75, 3.05) is 28.4 Å². The van der Waals surface area contributed by atoms with Crippen LogP contribution < -0.4 is 70.3 Å². The molecule has 6 saturated carbocycles. The number of ketones is 1. The van der Waals surface area contributed by atoms with Gasteiger partial charge in [-0.15, -0.1) is 0 Å². The van der Waals surface area contributed by atoms with Crippen LogP contribution >= 0.6 is 0 Å². The van der Waals surface area contributed by atoms with Gasteiger partial charge in [0.1, 0.15) is 28.8 Å². The summed E-state index contributed by atoms with van der Waals surface area (Å²) in [5, 5.41) is 0. The van der Waals surface area contributed by atoms with Gasteiger partial charge in [-0.3, -0.25) is 4.79 Å². The summed E-state index contributed by atoms with van der Waals surface area (Å²) in [6.07, 6.45) is 16.6. The van der Waals surface area contributed by atoms with Crippen molar-refractivity contribution in [1.29, 1.82) is 0 Å². The van der Waals surface area contributed by atoms with E-state index in [1.165, 1.54) is 86.5 Å². The second kappa shape index (κ2) is 24.9. The monoisotopic (exact) mass is 998 g/mol. The maximum Gasteiger partial charge on any atom is 1.00 e. The van der Waals surface area contributed by atoms with Gasteiger partial charge >= 0.3 is 51.4 Å². The number of nitrogens with zero attached hydrogens (tertiary/aromatic N) is 1. The molecule has 6 atom stereocenters. The third-order valence-corrected chi connectivity index (χ3v) is 22.2. The minimum Gasteiger partial charge on any atom is -0.668 e. The predicted octanol–water partition coefficient (Wildman–Crippen LogP) is 14.4. The summed E-state index contributed by atoms with van der Waals surface area (Å²) >= 11 is 0. The van der Waals surface area contributed by atoms with Gasteiger partial charge < -0.3 is 23.6 Å². The van der Waals surface area contributed by atoms with E-state index in [0.717, 1.165) is 47.8 Å². The Morgan fingerprint density at radius 3 is 1.19 bits per heavy atom. The summed E-state index contributed by atoms with van der Waals surface area (Å²) in [4.78, 5) is 12.7. The number of carbonyl (C=O) groups is 1. The van der Waals surface area contributed by atoms with E-state index in [4.69, 9.17) is 23.6 Å². The van der Waals surface area contributed by atoms with E-state index in [1.54, 1.807) is 14.2 Å². The number of ether oxygens (including phenoxy) is 4. The molecule has 0 aromatic heterocycles. The predicted molar refractivity (Wildman–Crippen MR) is 292 cm³/mol. The first-order valence-corrected chi connectivity index (χ1v) is 33.4. The molecule has 6 nitrogen and oxygen atoms in total. The van der Waals surface area contributed by atoms with Crippen LogP contribution in [0.2, 0.25) is 39.3 Å². The average molecular weight is 999 g/mol. The van der Waals surface area contributed by atoms with Gasteiger partial charge in [-0.25, -0.2) is 0 Å². The van der Waals surface area contributed by atoms with E-state index < -0.39 is 16.5 Å². The van der Waals surface area contributed by atoms with Crippen LogP contribution in [0.15, 0.2) is 36.4 Å². The molecule has 8 rings (SSSR count). The Balaban J connectivity index is 0.000000302. The van der Waals surface area contributed by atoms with Crippen molar-refractivity contribution in [2.45, 2.75) is 221 Å². The van der Waals surface area contributed by atoms with Gasteiger partial charge in [-0.1, -0.05) is 189 Å². The molecule has 9 heteroatoms. The Morgan fingerprint density at radius 2 is 0.926 bits per heavy atom. The SMILES string of the molecule is C=C1CC(c2c(OC)cc(C(C)(C)CCCCCC)cc2OC)[C@@H]2C[C@H]1C2(C)C.CCCCCCC(C)(C)c1cc(OC)c(C2CC(=O)[C@H]3C[C@@H]2C3(C)C)c(OC)c1.C[Si](C)(C)[N-][Si](C)(C)C.[K+]. The Morgan fingerprint density at radius 1 is 0.588 bits per heavy atom. The summed E-state index contributed by atoms with van der Waals surface area (Å²) in [6.45, 7) is 41.4. The number of hydrogen-bond donors (Lipinski definition) is 0. The minimum absolute atomic E-state index is 0. The fourth-order valence-corrected chi connectivity index (χ4v) is 20.9. The van der Waals surface area contributed by atoms with Crippen molar-refractivity contribution in [2.24, 2.45) is 34.5 Å². The molecule has 0 radical (unpaired) electrons. The van der Waals surface area contributed by atoms with Crippen LogP contribution in [0.5, 0.6) is 23.0 Å². The zero-order valence-corrected chi connectivity index (χ0v) is 53.0. The molecule has 2 aromatic carbocycles. The van der Waals surface area contributed by atoms with Gasteiger partial charge in [0.15, 0.2) is 0 Å². The molecule has 0 saturated heterocycles. The molecule has 6 fully saturated rings. The normalized spacial score (nSPS) is 23.6. The fraction of sp³-hybridized carbons (Fsp3) is 0.746. The van der Waals surface area contributed by atoms with Gasteiger partial charge in [-0.05, 0) is 113 Å². The molecule has 0 aliphatic heterocycles. The Bertz CT molecular complexity index is 1790. The Kier molecular flexibility index (Phi) is 22.5. The molecule has 6 aliphatic carbocycles. The molecule has 6 aliphatic rings. The van der Waals surface area contributed by atoms with Crippen LogP contribution in [0.1, 0.15) is 193 Å². The van der Waals surface area contributed by atoms with Crippen LogP contribution in [0.3, 0.4) is 0 Å². The summed E-state index contributed by atoms with van der Waals surface area (Å²) in [5.74, 6) is 6.92. The van der Waals surface area contributed by atoms with Crippen LogP contribution in [0.25, 0.3) is 4.65 Å². The van der Waals surface area contributed by atoms with Gasteiger partial charge in [0.25, 0.3) is 0 Å². The molecule has 0 N–H and O–H groups in total. The maximum absolute atomic E-state index is 12.7. The summed E-state index contributed by atoms with van der Waals surface area (Å²) in [6, 6.07) is 9.00. The smallest absolute Gasteiger partial charge is 0.668 e. The van der Waals surface area contributed by atoms with Crippen molar-refractivity contribution in [3.63, 3.8) is 0 Å². The van der Waals surface area contributed by atoms with E-state index in [2.05, 4.69) is 139 Å². The number of fused-ring (bicyclic) bond motifs is 4. The Hall–Kier alpha value is -0.920. The van der Waals surface area contributed by atoms with Crippen molar-refractivity contribution < 1.29 is 75.1 Å². The van der Waals surface area contributed by atoms with E-state index in [9.17, 15) is 4.79 Å². The van der Waals surface area contributed by atoms with E-state index >= 15 is 0 Å². The largest absolute Gasteiger partial charge is 1.00 e. The molecule has 2 unspecified atom stereocenters. The van der Waals surface area contributed by atoms with Crippen molar-refractivity contribution in [3.8, 4) is 23.0 Å². The van der Waals surface area contributed by atoms with Gasteiger partial charge in [0, 0.05) is 29.4 Å². The molecular weight excluding hydrogens is 898 g/mol. The second-order valence-electron chi connectivity index (χ2n) is 25.6. The van der Waals surface area contributed by atoms with Gasteiger partial charge in [-0.2, -0.15) is 0 Å². The number of rotatable bonds is 20. The average Bonchev–Trinajstić information content (AvgIpc) is 3.23. The number of benzene rings is 2. The summed E-state index contributed by atoms with van der Waals surface area (Å²) in [5.41, 5.74) is 6.95. The first kappa shape index (κ1) is 61.4. The molecule has 68 heavy (non-hydrogen) atoms. The molecule has 4 bridgehead atoms. The maximum atomic E-state index is 12.7. The van der Waals surface area contributed by atoms with Crippen molar-refractivity contribution in [1.82, 2.24) is 0 Å². The number of hydrogen-bond acceptors (Lipinski definition) is 5. The number of Topliss-reactive ketones (excluding diaryl/α,β-unsaturated/α-hetero) is 1. The minimum atomic E-state index is -1.11. The molecule has 0 amide bonds.